The van der Waals surface area contributed by atoms with Gasteiger partial charge in [0.1, 0.15) is 0 Å². The lowest BCUT2D eigenvalue weighted by atomic mass is 9.90. The molecule has 2 heteroatoms. The van der Waals surface area contributed by atoms with Gasteiger partial charge in [-0.1, -0.05) is 49.5 Å². The lowest BCUT2D eigenvalue weighted by Crippen LogP contribution is -2.41. The molecule has 1 aliphatic heterocycles. The number of nitrogens with one attached hydrogen (secondary N) is 1. The molecular weight excluding hydrogens is 280 g/mol. The van der Waals surface area contributed by atoms with E-state index < -0.39 is 0 Å². The first-order valence-corrected chi connectivity index (χ1v) is 8.78. The Balaban J connectivity index is 3.06. The fourth-order valence-electron chi connectivity index (χ4n) is 2.95. The zero-order valence-corrected chi connectivity index (χ0v) is 15.8. The van der Waals surface area contributed by atoms with Gasteiger partial charge in [0.15, 0.2) is 0 Å². The van der Waals surface area contributed by atoms with Gasteiger partial charge in [0.2, 0.25) is 0 Å². The first-order chi connectivity index (χ1) is 11.0. The SMILES string of the molecule is C=C1C(=CC(=CC)C(C)C=CC(C)=CC)C(NC)CCN1CC. The summed E-state index contributed by atoms with van der Waals surface area (Å²) in [5.41, 5.74) is 5.14. The Labute approximate surface area is 143 Å². The Hall–Kier alpha value is -1.54. The van der Waals surface area contributed by atoms with E-state index in [9.17, 15) is 0 Å². The van der Waals surface area contributed by atoms with E-state index in [-0.39, 0.29) is 0 Å². The van der Waals surface area contributed by atoms with Gasteiger partial charge in [-0.15, -0.1) is 0 Å². The zero-order chi connectivity index (χ0) is 17.4. The normalized spacial score (nSPS) is 23.9. The molecule has 1 rings (SSSR count). The van der Waals surface area contributed by atoms with Crippen LogP contribution in [0.4, 0.5) is 0 Å². The van der Waals surface area contributed by atoms with Crippen LogP contribution in [0.25, 0.3) is 0 Å². The van der Waals surface area contributed by atoms with Gasteiger partial charge in [0, 0.05) is 24.8 Å². The van der Waals surface area contributed by atoms with Gasteiger partial charge in [-0.25, -0.2) is 0 Å². The average molecular weight is 315 g/mol. The largest absolute Gasteiger partial charge is 0.372 e. The second-order valence-corrected chi connectivity index (χ2v) is 6.23. The molecule has 0 aliphatic carbocycles. The second kappa shape index (κ2) is 9.57. The third kappa shape index (κ3) is 5.24. The molecule has 0 radical (unpaired) electrons. The highest BCUT2D eigenvalue weighted by Gasteiger charge is 2.25. The van der Waals surface area contributed by atoms with Crippen molar-refractivity contribution in [2.24, 2.45) is 5.92 Å². The summed E-state index contributed by atoms with van der Waals surface area (Å²) in [6.45, 7) is 17.2. The lowest BCUT2D eigenvalue weighted by molar-refractivity contribution is 0.311. The first kappa shape index (κ1) is 19.5. The fraction of sp³-hybridized carbons (Fsp3) is 0.524. The predicted molar refractivity (Wildman–Crippen MR) is 103 cm³/mol. The molecule has 1 saturated heterocycles. The van der Waals surface area contributed by atoms with E-state index >= 15 is 0 Å². The Morgan fingerprint density at radius 1 is 1.39 bits per heavy atom. The van der Waals surface area contributed by atoms with Crippen LogP contribution < -0.4 is 5.32 Å². The minimum Gasteiger partial charge on any atom is -0.372 e. The summed E-state index contributed by atoms with van der Waals surface area (Å²) in [6, 6.07) is 0.397. The summed E-state index contributed by atoms with van der Waals surface area (Å²) >= 11 is 0. The van der Waals surface area contributed by atoms with E-state index in [1.54, 1.807) is 0 Å². The number of likely N-dealkylation sites (N-methyl/N-ethyl adjacent to an activating group) is 2. The molecule has 0 saturated carbocycles. The maximum Gasteiger partial charge on any atom is 0.0354 e. The smallest absolute Gasteiger partial charge is 0.0354 e. The van der Waals surface area contributed by atoms with Gasteiger partial charge < -0.3 is 10.2 Å². The first-order valence-electron chi connectivity index (χ1n) is 8.78. The summed E-state index contributed by atoms with van der Waals surface area (Å²) in [5.74, 6) is 0.393. The molecule has 2 unspecified atom stereocenters. The van der Waals surface area contributed by atoms with Gasteiger partial charge >= 0.3 is 0 Å². The van der Waals surface area contributed by atoms with Gasteiger partial charge in [-0.2, -0.15) is 0 Å². The molecule has 0 aromatic rings. The molecule has 0 spiro atoms. The van der Waals surface area contributed by atoms with Crippen LogP contribution in [-0.4, -0.2) is 31.1 Å². The highest BCUT2D eigenvalue weighted by molar-refractivity contribution is 5.42. The van der Waals surface area contributed by atoms with Crippen molar-refractivity contribution < 1.29 is 0 Å². The highest BCUT2D eigenvalue weighted by Crippen LogP contribution is 2.28. The lowest BCUT2D eigenvalue weighted by Gasteiger charge is -2.37. The van der Waals surface area contributed by atoms with Gasteiger partial charge in [-0.05, 0) is 58.2 Å². The average Bonchev–Trinajstić information content (AvgIpc) is 2.57. The van der Waals surface area contributed by atoms with Crippen LogP contribution in [0, 0.1) is 5.92 Å². The van der Waals surface area contributed by atoms with E-state index in [0.29, 0.717) is 12.0 Å². The van der Waals surface area contributed by atoms with Crippen molar-refractivity contribution in [1.29, 1.82) is 0 Å². The molecule has 0 bridgehead atoms. The van der Waals surface area contributed by atoms with E-state index in [1.165, 1.54) is 22.4 Å². The highest BCUT2D eigenvalue weighted by atomic mass is 15.2. The Morgan fingerprint density at radius 2 is 2.09 bits per heavy atom. The third-order valence-corrected chi connectivity index (χ3v) is 4.79. The molecule has 2 nitrogen and oxygen atoms in total. The summed E-state index contributed by atoms with van der Waals surface area (Å²) in [6.07, 6.45) is 12.3. The quantitative estimate of drug-likeness (QED) is 0.705. The van der Waals surface area contributed by atoms with Gasteiger partial charge in [0.25, 0.3) is 0 Å². The van der Waals surface area contributed by atoms with Crippen LogP contribution in [-0.2, 0) is 0 Å². The van der Waals surface area contributed by atoms with Gasteiger partial charge in [0.05, 0.1) is 0 Å². The summed E-state index contributed by atoms with van der Waals surface area (Å²) < 4.78 is 0. The van der Waals surface area contributed by atoms with E-state index in [2.05, 4.69) is 81.8 Å². The van der Waals surface area contributed by atoms with E-state index in [4.69, 9.17) is 0 Å². The van der Waals surface area contributed by atoms with Crippen molar-refractivity contribution >= 4 is 0 Å². The molecule has 0 aromatic carbocycles. The number of allylic oxidation sites excluding steroid dienone is 7. The van der Waals surface area contributed by atoms with Crippen molar-refractivity contribution in [1.82, 2.24) is 10.2 Å². The maximum atomic E-state index is 4.34. The number of hydrogen-bond acceptors (Lipinski definition) is 2. The van der Waals surface area contributed by atoms with Crippen LogP contribution in [0.2, 0.25) is 0 Å². The topological polar surface area (TPSA) is 15.3 Å². The summed E-state index contributed by atoms with van der Waals surface area (Å²) in [5, 5.41) is 3.45. The molecular formula is C21H34N2. The monoisotopic (exact) mass is 314 g/mol. The number of rotatable bonds is 6. The number of piperidine rings is 1. The fourth-order valence-corrected chi connectivity index (χ4v) is 2.95. The van der Waals surface area contributed by atoms with Crippen LogP contribution >= 0.6 is 0 Å². The van der Waals surface area contributed by atoms with Crippen molar-refractivity contribution in [3.63, 3.8) is 0 Å². The minimum absolute atomic E-state index is 0.393. The van der Waals surface area contributed by atoms with Crippen LogP contribution in [0.1, 0.15) is 41.0 Å². The molecule has 128 valence electrons. The molecule has 2 atom stereocenters. The van der Waals surface area contributed by atoms with Crippen LogP contribution in [0.3, 0.4) is 0 Å². The molecule has 0 amide bonds. The number of likely N-dealkylation sites (tertiary alicyclic amines) is 1. The predicted octanol–water partition coefficient (Wildman–Crippen LogP) is 4.84. The van der Waals surface area contributed by atoms with Crippen LogP contribution in [0.15, 0.2) is 59.4 Å². The van der Waals surface area contributed by atoms with Crippen LogP contribution in [0.5, 0.6) is 0 Å². The summed E-state index contributed by atoms with van der Waals surface area (Å²) in [4.78, 5) is 2.37. The molecule has 1 heterocycles. The molecule has 23 heavy (non-hydrogen) atoms. The maximum absolute atomic E-state index is 4.34. The third-order valence-electron chi connectivity index (χ3n) is 4.79. The van der Waals surface area contributed by atoms with Crippen molar-refractivity contribution in [2.45, 2.75) is 47.1 Å². The summed E-state index contributed by atoms with van der Waals surface area (Å²) in [7, 11) is 2.04. The Kier molecular flexibility index (Phi) is 8.11. The van der Waals surface area contributed by atoms with Gasteiger partial charge in [-0.3, -0.25) is 0 Å². The molecule has 1 fully saturated rings. The van der Waals surface area contributed by atoms with Crippen molar-refractivity contribution in [3.05, 3.63) is 59.4 Å². The Morgan fingerprint density at radius 3 is 2.61 bits per heavy atom. The van der Waals surface area contributed by atoms with Crippen molar-refractivity contribution in [2.75, 3.05) is 20.1 Å². The molecule has 1 aliphatic rings. The zero-order valence-electron chi connectivity index (χ0n) is 15.8. The second-order valence-electron chi connectivity index (χ2n) is 6.23. The van der Waals surface area contributed by atoms with E-state index in [1.807, 2.05) is 7.05 Å². The standard InChI is InChI=1S/C21H34N2/c1-8-16(4)11-12-17(5)19(9-2)15-20-18(6)23(10-3)14-13-21(20)22-7/h8-9,11-12,15,17,21-22H,6,10,13-14H2,1-5,7H3. The van der Waals surface area contributed by atoms with Crippen molar-refractivity contribution in [3.8, 4) is 0 Å². The molecule has 1 N–H and O–H groups in total. The number of hydrogen-bond donors (Lipinski definition) is 1. The molecule has 0 aromatic heterocycles. The van der Waals surface area contributed by atoms with E-state index in [0.717, 1.165) is 19.5 Å². The Bertz CT molecular complexity index is 520. The number of nitrogens with zero attached hydrogens (tertiary/aromatic N) is 1. The minimum atomic E-state index is 0.393.